The van der Waals surface area contributed by atoms with Crippen molar-refractivity contribution in [1.82, 2.24) is 4.98 Å². The van der Waals surface area contributed by atoms with Crippen LogP contribution in [0.25, 0.3) is 0 Å². The summed E-state index contributed by atoms with van der Waals surface area (Å²) in [6.45, 7) is 0. The number of aromatic nitrogens is 1. The van der Waals surface area contributed by atoms with Gasteiger partial charge in [-0.25, -0.2) is 9.18 Å². The molecule has 18 heavy (non-hydrogen) atoms. The van der Waals surface area contributed by atoms with E-state index in [0.29, 0.717) is 0 Å². The van der Waals surface area contributed by atoms with Gasteiger partial charge < -0.3 is 9.72 Å². The Hall–Kier alpha value is -2.70. The highest BCUT2D eigenvalue weighted by atomic mass is 19.1. The highest BCUT2D eigenvalue weighted by molar-refractivity contribution is 5.89. The summed E-state index contributed by atoms with van der Waals surface area (Å²) < 4.78 is 17.8. The van der Waals surface area contributed by atoms with Crippen LogP contribution in [0.4, 0.5) is 10.1 Å². The Morgan fingerprint density at radius 3 is 2.78 bits per heavy atom. The van der Waals surface area contributed by atoms with Crippen LogP contribution in [0, 0.1) is 15.9 Å². The van der Waals surface area contributed by atoms with Crippen molar-refractivity contribution in [3.63, 3.8) is 0 Å². The Morgan fingerprint density at radius 1 is 1.39 bits per heavy atom. The molecule has 7 heteroatoms. The largest absolute Gasteiger partial charge is 0.414 e. The molecule has 1 N–H and O–H groups in total. The maximum atomic E-state index is 13.0. The number of carbonyl (C=O) groups is 1. The van der Waals surface area contributed by atoms with Gasteiger partial charge in [0.2, 0.25) is 5.75 Å². The average molecular weight is 250 g/mol. The molecule has 0 aliphatic rings. The fraction of sp³-hybridized carbons (Fsp3) is 0. The first-order chi connectivity index (χ1) is 8.58. The quantitative estimate of drug-likeness (QED) is 0.392. The number of hydrogen-bond acceptors (Lipinski definition) is 4. The molecule has 0 radical (unpaired) electrons. The fourth-order valence-electron chi connectivity index (χ4n) is 1.33. The Morgan fingerprint density at radius 2 is 2.17 bits per heavy atom. The molecule has 0 aliphatic heterocycles. The predicted molar refractivity (Wildman–Crippen MR) is 58.8 cm³/mol. The van der Waals surface area contributed by atoms with Gasteiger partial charge >= 0.3 is 11.7 Å². The molecule has 0 saturated heterocycles. The summed E-state index contributed by atoms with van der Waals surface area (Å²) in [6.07, 6.45) is 1.50. The Labute approximate surface area is 100 Å². The number of aromatic amines is 1. The second-order valence-electron chi connectivity index (χ2n) is 3.34. The first-order valence-electron chi connectivity index (χ1n) is 4.87. The molecule has 1 aromatic heterocycles. The molecule has 0 bridgehead atoms. The van der Waals surface area contributed by atoms with Crippen LogP contribution in [0.2, 0.25) is 0 Å². The van der Waals surface area contributed by atoms with Crippen LogP contribution in [0.5, 0.6) is 5.75 Å². The van der Waals surface area contributed by atoms with Gasteiger partial charge in [-0.2, -0.15) is 0 Å². The van der Waals surface area contributed by atoms with E-state index in [2.05, 4.69) is 4.98 Å². The molecule has 2 aromatic rings. The topological polar surface area (TPSA) is 85.2 Å². The third kappa shape index (κ3) is 2.34. The zero-order valence-electron chi connectivity index (χ0n) is 8.92. The Kier molecular flexibility index (Phi) is 3.05. The van der Waals surface area contributed by atoms with Gasteiger partial charge in [-0.15, -0.1) is 0 Å². The number of rotatable bonds is 3. The first kappa shape index (κ1) is 11.8. The summed E-state index contributed by atoms with van der Waals surface area (Å²) >= 11 is 0. The van der Waals surface area contributed by atoms with Crippen molar-refractivity contribution in [3.05, 3.63) is 58.2 Å². The third-order valence-corrected chi connectivity index (χ3v) is 2.14. The third-order valence-electron chi connectivity index (χ3n) is 2.14. The smallest absolute Gasteiger partial charge is 0.360 e. The SMILES string of the molecule is O=C(Oc1cc(F)ccc1[N+](=O)[O-])c1ccc[nH]1. The summed E-state index contributed by atoms with van der Waals surface area (Å²) in [4.78, 5) is 24.1. The number of esters is 1. The number of nitro benzene ring substituents is 1. The van der Waals surface area contributed by atoms with Gasteiger partial charge in [0, 0.05) is 18.3 Å². The maximum Gasteiger partial charge on any atom is 0.360 e. The number of ether oxygens (including phenoxy) is 1. The Bertz CT molecular complexity index is 595. The van der Waals surface area contributed by atoms with Crippen LogP contribution in [-0.2, 0) is 0 Å². The lowest BCUT2D eigenvalue weighted by molar-refractivity contribution is -0.385. The highest BCUT2D eigenvalue weighted by Crippen LogP contribution is 2.28. The maximum absolute atomic E-state index is 13.0. The number of nitrogens with one attached hydrogen (secondary N) is 1. The van der Waals surface area contributed by atoms with E-state index in [-0.39, 0.29) is 5.69 Å². The number of nitro groups is 1. The summed E-state index contributed by atoms with van der Waals surface area (Å²) in [6, 6.07) is 5.65. The number of nitrogens with zero attached hydrogens (tertiary/aromatic N) is 1. The fourth-order valence-corrected chi connectivity index (χ4v) is 1.33. The van der Waals surface area contributed by atoms with E-state index in [9.17, 15) is 19.3 Å². The Balaban J connectivity index is 2.31. The van der Waals surface area contributed by atoms with Crippen molar-refractivity contribution in [2.45, 2.75) is 0 Å². The van der Waals surface area contributed by atoms with E-state index >= 15 is 0 Å². The lowest BCUT2D eigenvalue weighted by atomic mass is 10.3. The van der Waals surface area contributed by atoms with Crippen LogP contribution in [0.15, 0.2) is 36.5 Å². The van der Waals surface area contributed by atoms with Crippen molar-refractivity contribution in [1.29, 1.82) is 0 Å². The molecule has 0 fully saturated rings. The van der Waals surface area contributed by atoms with E-state index in [0.717, 1.165) is 18.2 Å². The zero-order chi connectivity index (χ0) is 13.1. The number of benzene rings is 1. The summed E-state index contributed by atoms with van der Waals surface area (Å²) in [5.74, 6) is -1.98. The van der Waals surface area contributed by atoms with E-state index in [1.54, 1.807) is 6.07 Å². The minimum atomic E-state index is -0.825. The molecule has 2 rings (SSSR count). The minimum Gasteiger partial charge on any atom is -0.414 e. The predicted octanol–water partition coefficient (Wildman–Crippen LogP) is 2.28. The molecule has 0 spiro atoms. The van der Waals surface area contributed by atoms with Gasteiger partial charge in [0.15, 0.2) is 0 Å². The lowest BCUT2D eigenvalue weighted by Crippen LogP contribution is -2.10. The number of halogens is 1. The van der Waals surface area contributed by atoms with Crippen molar-refractivity contribution in [2.75, 3.05) is 0 Å². The van der Waals surface area contributed by atoms with Crippen molar-refractivity contribution >= 4 is 11.7 Å². The van der Waals surface area contributed by atoms with Gasteiger partial charge in [-0.3, -0.25) is 10.1 Å². The van der Waals surface area contributed by atoms with Crippen LogP contribution >= 0.6 is 0 Å². The molecule has 1 heterocycles. The van der Waals surface area contributed by atoms with Crippen LogP contribution in [0.3, 0.4) is 0 Å². The monoisotopic (exact) mass is 250 g/mol. The summed E-state index contributed by atoms with van der Waals surface area (Å²) in [5, 5.41) is 10.7. The second kappa shape index (κ2) is 4.66. The normalized spacial score (nSPS) is 10.1. The molecule has 0 aliphatic carbocycles. The molecule has 6 nitrogen and oxygen atoms in total. The molecular weight excluding hydrogens is 243 g/mol. The van der Waals surface area contributed by atoms with E-state index in [1.807, 2.05) is 0 Å². The average Bonchev–Trinajstić information content (AvgIpc) is 2.81. The number of hydrogen-bond donors (Lipinski definition) is 1. The first-order valence-corrected chi connectivity index (χ1v) is 4.87. The van der Waals surface area contributed by atoms with Gasteiger partial charge in [-0.05, 0) is 18.2 Å². The van der Waals surface area contributed by atoms with E-state index in [4.69, 9.17) is 4.74 Å². The highest BCUT2D eigenvalue weighted by Gasteiger charge is 2.19. The zero-order valence-corrected chi connectivity index (χ0v) is 8.92. The van der Waals surface area contributed by atoms with Gasteiger partial charge in [0.1, 0.15) is 11.5 Å². The van der Waals surface area contributed by atoms with Crippen molar-refractivity contribution in [3.8, 4) is 5.75 Å². The lowest BCUT2D eigenvalue weighted by Gasteiger charge is -2.03. The van der Waals surface area contributed by atoms with Crippen LogP contribution < -0.4 is 4.74 Å². The second-order valence-corrected chi connectivity index (χ2v) is 3.34. The molecule has 0 atom stereocenters. The standard InChI is InChI=1S/C11H7FN2O4/c12-7-3-4-9(14(16)17)10(6-7)18-11(15)8-2-1-5-13-8/h1-6,13H. The molecule has 0 saturated carbocycles. The van der Waals surface area contributed by atoms with Gasteiger partial charge in [0.25, 0.3) is 0 Å². The van der Waals surface area contributed by atoms with E-state index < -0.39 is 28.1 Å². The van der Waals surface area contributed by atoms with Gasteiger partial charge in [0.05, 0.1) is 4.92 Å². The minimum absolute atomic E-state index is 0.119. The van der Waals surface area contributed by atoms with Crippen LogP contribution in [0.1, 0.15) is 10.5 Å². The number of carbonyl (C=O) groups excluding carboxylic acids is 1. The molecule has 0 unspecified atom stereocenters. The van der Waals surface area contributed by atoms with E-state index in [1.165, 1.54) is 12.3 Å². The molecule has 1 aromatic carbocycles. The van der Waals surface area contributed by atoms with Crippen molar-refractivity contribution < 1.29 is 18.8 Å². The molecule has 0 amide bonds. The van der Waals surface area contributed by atoms with Gasteiger partial charge in [-0.1, -0.05) is 0 Å². The van der Waals surface area contributed by atoms with Crippen molar-refractivity contribution in [2.24, 2.45) is 0 Å². The number of H-pyrrole nitrogens is 1. The molecular formula is C11H7FN2O4. The van der Waals surface area contributed by atoms with Crippen LogP contribution in [-0.4, -0.2) is 15.9 Å². The molecule has 92 valence electrons. The summed E-state index contributed by atoms with van der Waals surface area (Å²) in [7, 11) is 0. The summed E-state index contributed by atoms with van der Waals surface area (Å²) in [5.41, 5.74) is -0.357.